The number of fused-ring (bicyclic) bond motifs is 6. The van der Waals surface area contributed by atoms with Gasteiger partial charge in [0, 0.05) is 30.2 Å². The molecule has 5 nitrogen and oxygen atoms in total. The largest absolute Gasteiger partial charge is 0.493 e. The molecule has 1 unspecified atom stereocenters. The molecule has 0 saturated heterocycles. The quantitative estimate of drug-likeness (QED) is 0.402. The van der Waals surface area contributed by atoms with Gasteiger partial charge in [0.05, 0.1) is 12.6 Å². The third-order valence-electron chi connectivity index (χ3n) is 7.62. The topological polar surface area (TPSA) is 46.9 Å². The van der Waals surface area contributed by atoms with Crippen molar-refractivity contribution in [3.05, 3.63) is 94.2 Å². The minimum absolute atomic E-state index is 0. The van der Waals surface area contributed by atoms with Gasteiger partial charge < -0.3 is 19.1 Å². The number of rotatable bonds is 5. The van der Waals surface area contributed by atoms with Crippen LogP contribution in [0.25, 0.3) is 10.9 Å². The van der Waals surface area contributed by atoms with Gasteiger partial charge in [-0.05, 0) is 65.8 Å². The highest BCUT2D eigenvalue weighted by Gasteiger charge is 2.35. The van der Waals surface area contributed by atoms with E-state index in [1.165, 1.54) is 38.9 Å². The van der Waals surface area contributed by atoms with Crippen molar-refractivity contribution in [3.8, 4) is 11.5 Å². The van der Waals surface area contributed by atoms with Crippen molar-refractivity contribution >= 4 is 10.9 Å². The van der Waals surface area contributed by atoms with E-state index in [0.29, 0.717) is 12.6 Å². The normalized spacial score (nSPS) is 16.7. The van der Waals surface area contributed by atoms with Gasteiger partial charge in [-0.3, -0.25) is 4.90 Å². The van der Waals surface area contributed by atoms with Crippen LogP contribution in [-0.4, -0.2) is 28.2 Å². The third kappa shape index (κ3) is 3.89. The first kappa shape index (κ1) is 23.5. The van der Waals surface area contributed by atoms with Gasteiger partial charge >= 0.3 is 0 Å². The predicted molar refractivity (Wildman–Crippen MR) is 140 cm³/mol. The predicted octanol–water partition coefficient (Wildman–Crippen LogP) is 5.78. The molecule has 0 aliphatic carbocycles. The highest BCUT2D eigenvalue weighted by atomic mass is 16.5. The highest BCUT2D eigenvalue weighted by molar-refractivity contribution is 5.86. The van der Waals surface area contributed by atoms with Crippen molar-refractivity contribution in [2.45, 2.75) is 53.1 Å². The van der Waals surface area contributed by atoms with Gasteiger partial charge in [0.2, 0.25) is 0 Å². The Hall–Kier alpha value is -3.28. The van der Waals surface area contributed by atoms with Gasteiger partial charge in [0.15, 0.2) is 11.5 Å². The van der Waals surface area contributed by atoms with Crippen LogP contribution in [0.1, 0.15) is 47.0 Å². The molecule has 0 bridgehead atoms. The molecule has 1 aromatic heterocycles. The number of benzene rings is 3. The minimum Gasteiger partial charge on any atom is -0.493 e. The number of nitrogens with zero attached hydrogens (tertiary/aromatic N) is 2. The van der Waals surface area contributed by atoms with E-state index in [9.17, 15) is 5.11 Å². The first-order valence-electron chi connectivity index (χ1n) is 12.0. The SMILES string of the molecule is C.COc1cc2c(cc1OCc1ccccc1C)CCN1Cc3c(c4ccccc4n3CO)CC21. The average molecular weight is 471 g/mol. The summed E-state index contributed by atoms with van der Waals surface area (Å²) >= 11 is 0. The fourth-order valence-corrected chi connectivity index (χ4v) is 5.77. The molecule has 1 atom stereocenters. The Morgan fingerprint density at radius 1 is 1.03 bits per heavy atom. The molecule has 35 heavy (non-hydrogen) atoms. The first-order chi connectivity index (χ1) is 16.7. The van der Waals surface area contributed by atoms with Crippen LogP contribution >= 0.6 is 0 Å². The van der Waals surface area contributed by atoms with Gasteiger partial charge in [-0.15, -0.1) is 0 Å². The van der Waals surface area contributed by atoms with Crippen molar-refractivity contribution in [1.29, 1.82) is 0 Å². The maximum Gasteiger partial charge on any atom is 0.161 e. The number of methoxy groups -OCH3 is 1. The fourth-order valence-electron chi connectivity index (χ4n) is 5.77. The Bertz CT molecular complexity index is 1370. The fraction of sp³-hybridized carbons (Fsp3) is 0.333. The number of aliphatic hydroxyl groups is 1. The summed E-state index contributed by atoms with van der Waals surface area (Å²) in [5.74, 6) is 1.60. The number of aromatic nitrogens is 1. The van der Waals surface area contributed by atoms with E-state index in [4.69, 9.17) is 9.47 Å². The van der Waals surface area contributed by atoms with E-state index in [2.05, 4.69) is 71.0 Å². The van der Waals surface area contributed by atoms with Crippen molar-refractivity contribution in [1.82, 2.24) is 9.47 Å². The van der Waals surface area contributed by atoms with E-state index in [0.717, 1.165) is 42.9 Å². The van der Waals surface area contributed by atoms with E-state index < -0.39 is 0 Å². The second-order valence-corrected chi connectivity index (χ2v) is 9.37. The van der Waals surface area contributed by atoms with Crippen LogP contribution in [0.15, 0.2) is 60.7 Å². The summed E-state index contributed by atoms with van der Waals surface area (Å²) in [6, 6.07) is 21.4. The maximum atomic E-state index is 10.1. The number of ether oxygens (including phenoxy) is 2. The van der Waals surface area contributed by atoms with Crippen LogP contribution in [0.4, 0.5) is 0 Å². The number of aryl methyl sites for hydroxylation is 1. The van der Waals surface area contributed by atoms with E-state index in [1.807, 2.05) is 6.07 Å². The summed E-state index contributed by atoms with van der Waals surface area (Å²) in [4.78, 5) is 2.54. The summed E-state index contributed by atoms with van der Waals surface area (Å²) < 4.78 is 14.1. The van der Waals surface area contributed by atoms with Gasteiger partial charge in [0.1, 0.15) is 13.3 Å². The summed E-state index contributed by atoms with van der Waals surface area (Å²) in [7, 11) is 1.72. The lowest BCUT2D eigenvalue weighted by Crippen LogP contribution is -2.39. The zero-order valence-corrected chi connectivity index (χ0v) is 19.8. The van der Waals surface area contributed by atoms with Crippen LogP contribution in [-0.2, 0) is 32.7 Å². The van der Waals surface area contributed by atoms with Crippen molar-refractivity contribution < 1.29 is 14.6 Å². The van der Waals surface area contributed by atoms with Gasteiger partial charge in [-0.1, -0.05) is 49.9 Å². The molecule has 0 amide bonds. The molecular formula is C30H34N2O3. The highest BCUT2D eigenvalue weighted by Crippen LogP contribution is 2.44. The Kier molecular flexibility index (Phi) is 6.30. The zero-order valence-electron chi connectivity index (χ0n) is 19.8. The monoisotopic (exact) mass is 470 g/mol. The number of hydrogen-bond donors (Lipinski definition) is 1. The van der Waals surface area contributed by atoms with E-state index in [1.54, 1.807) is 7.11 Å². The van der Waals surface area contributed by atoms with Gasteiger partial charge in [-0.25, -0.2) is 0 Å². The smallest absolute Gasteiger partial charge is 0.161 e. The van der Waals surface area contributed by atoms with Crippen LogP contribution in [0.5, 0.6) is 11.5 Å². The lowest BCUT2D eigenvalue weighted by Gasteiger charge is -2.41. The molecule has 0 radical (unpaired) electrons. The second kappa shape index (κ2) is 9.40. The molecular weight excluding hydrogens is 436 g/mol. The molecule has 0 saturated carbocycles. The Labute approximate surface area is 207 Å². The second-order valence-electron chi connectivity index (χ2n) is 9.37. The van der Waals surface area contributed by atoms with Gasteiger partial charge in [0.25, 0.3) is 0 Å². The number of hydrogen-bond acceptors (Lipinski definition) is 4. The molecule has 6 rings (SSSR count). The third-order valence-corrected chi connectivity index (χ3v) is 7.62. The standard InChI is InChI=1S/C29H30N2O3.CH4/c1-19-7-3-4-8-21(19)17-34-29-13-20-11-12-30-16-27-24(14-26(30)23(20)15-28(29)33-2)22-9-5-6-10-25(22)31(27)18-32;/h3-10,13,15,26,32H,11-12,14,16-18H2,1-2H3;1H4. The molecule has 3 heterocycles. The minimum atomic E-state index is 0. The summed E-state index contributed by atoms with van der Waals surface area (Å²) in [5, 5.41) is 11.4. The molecule has 4 aromatic rings. The number of para-hydroxylation sites is 1. The van der Waals surface area contributed by atoms with E-state index in [-0.39, 0.29) is 14.2 Å². The average Bonchev–Trinajstić information content (AvgIpc) is 3.19. The molecule has 2 aliphatic rings. The Morgan fingerprint density at radius 3 is 2.63 bits per heavy atom. The summed E-state index contributed by atoms with van der Waals surface area (Å²) in [6.07, 6.45) is 1.91. The van der Waals surface area contributed by atoms with Crippen molar-refractivity contribution in [3.63, 3.8) is 0 Å². The molecule has 0 fully saturated rings. The maximum absolute atomic E-state index is 10.1. The molecule has 1 N–H and O–H groups in total. The Morgan fingerprint density at radius 2 is 1.83 bits per heavy atom. The van der Waals surface area contributed by atoms with Crippen LogP contribution in [0.2, 0.25) is 0 Å². The first-order valence-corrected chi connectivity index (χ1v) is 12.0. The molecule has 0 spiro atoms. The van der Waals surface area contributed by atoms with Crippen LogP contribution in [0.3, 0.4) is 0 Å². The van der Waals surface area contributed by atoms with E-state index >= 15 is 0 Å². The van der Waals surface area contributed by atoms with Crippen molar-refractivity contribution in [2.24, 2.45) is 0 Å². The lowest BCUT2D eigenvalue weighted by atomic mass is 9.85. The Balaban J connectivity index is 0.00000253. The molecule has 2 aliphatic heterocycles. The van der Waals surface area contributed by atoms with Gasteiger partial charge in [-0.2, -0.15) is 0 Å². The zero-order chi connectivity index (χ0) is 23.2. The van der Waals surface area contributed by atoms with Crippen LogP contribution < -0.4 is 9.47 Å². The molecule has 5 heteroatoms. The number of aliphatic hydroxyl groups excluding tert-OH is 1. The van der Waals surface area contributed by atoms with Crippen molar-refractivity contribution in [2.75, 3.05) is 13.7 Å². The lowest BCUT2D eigenvalue weighted by molar-refractivity contribution is 0.145. The summed E-state index contributed by atoms with van der Waals surface area (Å²) in [6.45, 7) is 4.50. The summed E-state index contributed by atoms with van der Waals surface area (Å²) in [5.41, 5.74) is 8.82. The molecule has 3 aromatic carbocycles. The molecule has 182 valence electrons. The van der Waals surface area contributed by atoms with Crippen LogP contribution in [0, 0.1) is 6.92 Å².